The van der Waals surface area contributed by atoms with Gasteiger partial charge in [-0.05, 0) is 6.42 Å². The highest BCUT2D eigenvalue weighted by Crippen LogP contribution is 1.87. The van der Waals surface area contributed by atoms with E-state index in [9.17, 15) is 4.79 Å². The molecule has 0 saturated heterocycles. The van der Waals surface area contributed by atoms with Gasteiger partial charge in [0.1, 0.15) is 6.29 Å². The van der Waals surface area contributed by atoms with E-state index in [-0.39, 0.29) is 6.61 Å². The first-order valence-corrected chi connectivity index (χ1v) is 5.19. The zero-order valence-corrected chi connectivity index (χ0v) is 9.02. The van der Waals surface area contributed by atoms with Gasteiger partial charge < -0.3 is 24.1 Å². The zero-order valence-electron chi connectivity index (χ0n) is 9.02. The molecule has 0 aromatic rings. The number of ether oxygens (including phenoxy) is 3. The third kappa shape index (κ3) is 13.5. The van der Waals surface area contributed by atoms with Crippen LogP contribution in [0.15, 0.2) is 0 Å². The number of rotatable bonds is 12. The Kier molecular flexibility index (Phi) is 13.1. The molecule has 0 bridgehead atoms. The third-order valence-electron chi connectivity index (χ3n) is 1.59. The fraction of sp³-hybridized carbons (Fsp3) is 0.900. The van der Waals surface area contributed by atoms with E-state index in [0.717, 1.165) is 12.7 Å². The van der Waals surface area contributed by atoms with Gasteiger partial charge in [0.05, 0.1) is 39.6 Å². The minimum atomic E-state index is 0.0415. The van der Waals surface area contributed by atoms with Gasteiger partial charge in [0, 0.05) is 13.0 Å². The molecule has 0 atom stereocenters. The van der Waals surface area contributed by atoms with Gasteiger partial charge >= 0.3 is 0 Å². The summed E-state index contributed by atoms with van der Waals surface area (Å²) >= 11 is 0. The molecule has 15 heavy (non-hydrogen) atoms. The first-order valence-electron chi connectivity index (χ1n) is 5.19. The Morgan fingerprint density at radius 3 is 1.93 bits per heavy atom. The summed E-state index contributed by atoms with van der Waals surface area (Å²) in [5, 5.41) is 8.40. The Labute approximate surface area is 90.3 Å². The van der Waals surface area contributed by atoms with E-state index in [4.69, 9.17) is 19.3 Å². The number of carbonyl (C=O) groups is 1. The summed E-state index contributed by atoms with van der Waals surface area (Å²) in [7, 11) is 0. The normalized spacial score (nSPS) is 10.5. The summed E-state index contributed by atoms with van der Waals surface area (Å²) in [6.45, 7) is 3.07. The fourth-order valence-corrected chi connectivity index (χ4v) is 0.875. The van der Waals surface area contributed by atoms with Crippen molar-refractivity contribution in [2.45, 2.75) is 12.8 Å². The Balaban J connectivity index is 2.83. The van der Waals surface area contributed by atoms with Gasteiger partial charge in [-0.3, -0.25) is 0 Å². The topological polar surface area (TPSA) is 65.0 Å². The van der Waals surface area contributed by atoms with Gasteiger partial charge in [0.15, 0.2) is 0 Å². The second-order valence-corrected chi connectivity index (χ2v) is 2.87. The molecule has 5 nitrogen and oxygen atoms in total. The number of aliphatic hydroxyl groups is 1. The quantitative estimate of drug-likeness (QED) is 0.371. The van der Waals surface area contributed by atoms with Gasteiger partial charge in [-0.25, -0.2) is 0 Å². The lowest BCUT2D eigenvalue weighted by atomic mass is 10.3. The maximum Gasteiger partial charge on any atom is 0.120 e. The molecule has 0 aliphatic heterocycles. The number of aliphatic hydroxyl groups excluding tert-OH is 1. The highest BCUT2D eigenvalue weighted by atomic mass is 16.5. The number of hydrogen-bond donors (Lipinski definition) is 1. The first kappa shape index (κ1) is 14.5. The number of carbonyl (C=O) groups excluding carboxylic acids is 1. The van der Waals surface area contributed by atoms with Crippen LogP contribution in [-0.4, -0.2) is 57.6 Å². The first-order chi connectivity index (χ1) is 7.41. The Hall–Kier alpha value is -0.490. The second-order valence-electron chi connectivity index (χ2n) is 2.87. The maximum atomic E-state index is 9.95. The maximum absolute atomic E-state index is 9.95. The van der Waals surface area contributed by atoms with Crippen molar-refractivity contribution in [2.75, 3.05) is 46.2 Å². The molecule has 0 spiro atoms. The Morgan fingerprint density at radius 1 is 0.867 bits per heavy atom. The molecule has 0 saturated carbocycles. The van der Waals surface area contributed by atoms with Crippen LogP contribution >= 0.6 is 0 Å². The van der Waals surface area contributed by atoms with Crippen LogP contribution in [0.25, 0.3) is 0 Å². The van der Waals surface area contributed by atoms with Crippen molar-refractivity contribution in [1.29, 1.82) is 0 Å². The predicted molar refractivity (Wildman–Crippen MR) is 54.8 cm³/mol. The minimum Gasteiger partial charge on any atom is -0.394 e. The summed E-state index contributed by atoms with van der Waals surface area (Å²) < 4.78 is 15.4. The summed E-state index contributed by atoms with van der Waals surface area (Å²) in [5.41, 5.74) is 0. The number of unbranched alkanes of at least 4 members (excludes halogenated alkanes) is 1. The number of hydrogen-bond acceptors (Lipinski definition) is 5. The van der Waals surface area contributed by atoms with Crippen molar-refractivity contribution in [1.82, 2.24) is 0 Å². The van der Waals surface area contributed by atoms with Crippen LogP contribution in [0.3, 0.4) is 0 Å². The van der Waals surface area contributed by atoms with Gasteiger partial charge in [0.2, 0.25) is 0 Å². The lowest BCUT2D eigenvalue weighted by molar-refractivity contribution is -0.108. The lowest BCUT2D eigenvalue weighted by Gasteiger charge is -2.05. The third-order valence-corrected chi connectivity index (χ3v) is 1.59. The van der Waals surface area contributed by atoms with Gasteiger partial charge in [0.25, 0.3) is 0 Å². The van der Waals surface area contributed by atoms with E-state index < -0.39 is 0 Å². The van der Waals surface area contributed by atoms with E-state index >= 15 is 0 Å². The van der Waals surface area contributed by atoms with Crippen molar-refractivity contribution in [3.05, 3.63) is 0 Å². The van der Waals surface area contributed by atoms with Crippen LogP contribution < -0.4 is 0 Å². The molecule has 1 N–H and O–H groups in total. The Morgan fingerprint density at radius 2 is 1.40 bits per heavy atom. The molecule has 90 valence electrons. The largest absolute Gasteiger partial charge is 0.394 e. The molecule has 5 heteroatoms. The van der Waals surface area contributed by atoms with Crippen LogP contribution in [0.2, 0.25) is 0 Å². The van der Waals surface area contributed by atoms with Crippen molar-refractivity contribution in [2.24, 2.45) is 0 Å². The number of aldehydes is 1. The highest BCUT2D eigenvalue weighted by Gasteiger charge is 1.91. The van der Waals surface area contributed by atoms with E-state index in [1.165, 1.54) is 0 Å². The molecule has 0 amide bonds. The highest BCUT2D eigenvalue weighted by molar-refractivity contribution is 5.48. The van der Waals surface area contributed by atoms with Gasteiger partial charge in [-0.15, -0.1) is 0 Å². The van der Waals surface area contributed by atoms with Gasteiger partial charge in [-0.1, -0.05) is 0 Å². The molecule has 0 radical (unpaired) electrons. The molecule has 0 heterocycles. The van der Waals surface area contributed by atoms with Gasteiger partial charge in [-0.2, -0.15) is 0 Å². The van der Waals surface area contributed by atoms with Crippen molar-refractivity contribution in [3.63, 3.8) is 0 Å². The molecule has 0 aromatic carbocycles. The monoisotopic (exact) mass is 220 g/mol. The summed E-state index contributed by atoms with van der Waals surface area (Å²) in [6, 6.07) is 0. The van der Waals surface area contributed by atoms with Crippen molar-refractivity contribution < 1.29 is 24.1 Å². The van der Waals surface area contributed by atoms with Crippen LogP contribution in [0.5, 0.6) is 0 Å². The Bertz CT molecular complexity index is 129. The SMILES string of the molecule is O=CCCCOCCOCCOCCO. The van der Waals surface area contributed by atoms with Crippen molar-refractivity contribution in [3.8, 4) is 0 Å². The lowest BCUT2D eigenvalue weighted by Crippen LogP contribution is -2.11. The van der Waals surface area contributed by atoms with Crippen LogP contribution in [0, 0.1) is 0 Å². The second kappa shape index (κ2) is 13.5. The minimum absolute atomic E-state index is 0.0415. The predicted octanol–water partition coefficient (Wildman–Crippen LogP) is 0.00760. The fourth-order valence-electron chi connectivity index (χ4n) is 0.875. The summed E-state index contributed by atoms with van der Waals surface area (Å²) in [4.78, 5) is 9.95. The van der Waals surface area contributed by atoms with Crippen LogP contribution in [0.1, 0.15) is 12.8 Å². The molecule has 0 aliphatic carbocycles. The summed E-state index contributed by atoms with van der Waals surface area (Å²) in [5.74, 6) is 0. The molecule has 0 fully saturated rings. The smallest absolute Gasteiger partial charge is 0.120 e. The molecular weight excluding hydrogens is 200 g/mol. The average Bonchev–Trinajstić information content (AvgIpc) is 2.26. The van der Waals surface area contributed by atoms with E-state index in [1.807, 2.05) is 0 Å². The molecular formula is C10H20O5. The molecule has 0 unspecified atom stereocenters. The van der Waals surface area contributed by atoms with Crippen LogP contribution in [0.4, 0.5) is 0 Å². The van der Waals surface area contributed by atoms with E-state index in [2.05, 4.69) is 0 Å². The van der Waals surface area contributed by atoms with E-state index in [0.29, 0.717) is 46.1 Å². The standard InChI is InChI=1S/C10H20O5/c11-3-1-2-5-13-7-9-15-10-8-14-6-4-12/h3,12H,1-2,4-10H2. The van der Waals surface area contributed by atoms with E-state index in [1.54, 1.807) is 0 Å². The molecule has 0 aliphatic rings. The zero-order chi connectivity index (χ0) is 11.2. The van der Waals surface area contributed by atoms with Crippen molar-refractivity contribution >= 4 is 6.29 Å². The summed E-state index contributed by atoms with van der Waals surface area (Å²) in [6.07, 6.45) is 2.21. The van der Waals surface area contributed by atoms with Crippen LogP contribution in [-0.2, 0) is 19.0 Å². The molecule has 0 aromatic heterocycles. The average molecular weight is 220 g/mol. The molecule has 0 rings (SSSR count).